The zero-order valence-electron chi connectivity index (χ0n) is 12.1. The molecule has 1 aromatic rings. The van der Waals surface area contributed by atoms with Crippen molar-refractivity contribution in [2.45, 2.75) is 50.2 Å². The third-order valence-electron chi connectivity index (χ3n) is 4.96. The third kappa shape index (κ3) is 3.25. The molecule has 1 spiro atoms. The fourth-order valence-electron chi connectivity index (χ4n) is 3.67. The second-order valence-electron chi connectivity index (χ2n) is 6.39. The van der Waals surface area contributed by atoms with Crippen LogP contribution < -0.4 is 11.3 Å². The molecule has 1 aliphatic heterocycles. The fraction of sp³-hybridized carbons (Fsp3) is 0.625. The van der Waals surface area contributed by atoms with E-state index in [-0.39, 0.29) is 11.6 Å². The summed E-state index contributed by atoms with van der Waals surface area (Å²) in [6, 6.07) is 3.68. The van der Waals surface area contributed by atoms with E-state index in [1.807, 2.05) is 0 Å². The molecule has 5 heteroatoms. The highest BCUT2D eigenvalue weighted by Crippen LogP contribution is 2.45. The lowest BCUT2D eigenvalue weighted by Gasteiger charge is -2.48. The van der Waals surface area contributed by atoms with E-state index in [1.54, 1.807) is 0 Å². The first-order valence-corrected chi connectivity index (χ1v) is 7.65. The lowest BCUT2D eigenvalue weighted by Crippen LogP contribution is -2.52. The molecule has 0 bridgehead atoms. The summed E-state index contributed by atoms with van der Waals surface area (Å²) in [7, 11) is 0. The molecular weight excluding hydrogens is 274 g/mol. The Bertz CT molecular complexity index is 485. The second kappa shape index (κ2) is 5.99. The van der Waals surface area contributed by atoms with Crippen LogP contribution in [0.1, 0.15) is 37.7 Å². The van der Waals surface area contributed by atoms with E-state index in [0.29, 0.717) is 17.9 Å². The standard InChI is InChI=1S/C16H22F2N2O/c17-13-6-11(7-14(18)9-13)8-15(20-19)12-2-5-21-16(10-12)3-1-4-16/h6-7,9,12,15,20H,1-5,8,10,19H2. The van der Waals surface area contributed by atoms with Gasteiger partial charge in [-0.2, -0.15) is 0 Å². The molecule has 21 heavy (non-hydrogen) atoms. The van der Waals surface area contributed by atoms with Crippen LogP contribution >= 0.6 is 0 Å². The highest BCUT2D eigenvalue weighted by Gasteiger charge is 2.44. The molecule has 1 saturated heterocycles. The summed E-state index contributed by atoms with van der Waals surface area (Å²) in [5.41, 5.74) is 3.53. The molecule has 2 fully saturated rings. The molecule has 2 atom stereocenters. The van der Waals surface area contributed by atoms with Crippen molar-refractivity contribution in [2.75, 3.05) is 6.61 Å². The van der Waals surface area contributed by atoms with Gasteiger partial charge in [0.15, 0.2) is 0 Å². The van der Waals surface area contributed by atoms with Crippen LogP contribution in [0.5, 0.6) is 0 Å². The first-order chi connectivity index (χ1) is 10.1. The molecule has 1 aliphatic carbocycles. The maximum Gasteiger partial charge on any atom is 0.126 e. The predicted molar refractivity (Wildman–Crippen MR) is 76.4 cm³/mol. The average Bonchev–Trinajstić information content (AvgIpc) is 2.42. The Labute approximate surface area is 123 Å². The van der Waals surface area contributed by atoms with Gasteiger partial charge < -0.3 is 4.74 Å². The Morgan fingerprint density at radius 1 is 1.29 bits per heavy atom. The van der Waals surface area contributed by atoms with E-state index in [9.17, 15) is 8.78 Å². The molecule has 3 rings (SSSR count). The highest BCUT2D eigenvalue weighted by atomic mass is 19.1. The van der Waals surface area contributed by atoms with Gasteiger partial charge >= 0.3 is 0 Å². The molecule has 0 aromatic heterocycles. The van der Waals surface area contributed by atoms with Gasteiger partial charge in [-0.3, -0.25) is 11.3 Å². The molecule has 0 radical (unpaired) electrons. The number of halogens is 2. The lowest BCUT2D eigenvalue weighted by molar-refractivity contribution is -0.147. The molecule has 0 amide bonds. The Hall–Kier alpha value is -1.04. The van der Waals surface area contributed by atoms with E-state index < -0.39 is 11.6 Å². The summed E-state index contributed by atoms with van der Waals surface area (Å²) < 4.78 is 32.5. The minimum Gasteiger partial charge on any atom is -0.375 e. The number of benzene rings is 1. The van der Waals surface area contributed by atoms with E-state index in [2.05, 4.69) is 5.43 Å². The summed E-state index contributed by atoms with van der Waals surface area (Å²) in [6.45, 7) is 0.750. The van der Waals surface area contributed by atoms with Crippen molar-refractivity contribution < 1.29 is 13.5 Å². The Kier molecular flexibility index (Phi) is 4.24. The summed E-state index contributed by atoms with van der Waals surface area (Å²) in [4.78, 5) is 0. The fourth-order valence-corrected chi connectivity index (χ4v) is 3.67. The topological polar surface area (TPSA) is 47.3 Å². The van der Waals surface area contributed by atoms with Crippen LogP contribution in [0.15, 0.2) is 18.2 Å². The zero-order chi connectivity index (χ0) is 14.9. The van der Waals surface area contributed by atoms with Crippen molar-refractivity contribution in [1.29, 1.82) is 0 Å². The summed E-state index contributed by atoms with van der Waals surface area (Å²) >= 11 is 0. The van der Waals surface area contributed by atoms with Crippen LogP contribution in [0.25, 0.3) is 0 Å². The van der Waals surface area contributed by atoms with E-state index in [1.165, 1.54) is 18.6 Å². The van der Waals surface area contributed by atoms with Gasteiger partial charge in [0, 0.05) is 18.7 Å². The summed E-state index contributed by atoms with van der Waals surface area (Å²) in [6.07, 6.45) is 5.92. The quantitative estimate of drug-likeness (QED) is 0.663. The highest BCUT2D eigenvalue weighted by molar-refractivity contribution is 5.19. The predicted octanol–water partition coefficient (Wildman–Crippen LogP) is 2.69. The number of rotatable bonds is 4. The van der Waals surface area contributed by atoms with Gasteiger partial charge in [-0.1, -0.05) is 0 Å². The van der Waals surface area contributed by atoms with Gasteiger partial charge in [-0.25, -0.2) is 8.78 Å². The van der Waals surface area contributed by atoms with E-state index in [4.69, 9.17) is 10.6 Å². The van der Waals surface area contributed by atoms with Crippen LogP contribution in [-0.2, 0) is 11.2 Å². The minimum atomic E-state index is -0.539. The van der Waals surface area contributed by atoms with Gasteiger partial charge in [0.25, 0.3) is 0 Å². The smallest absolute Gasteiger partial charge is 0.126 e. The molecule has 2 aliphatic rings. The van der Waals surface area contributed by atoms with E-state index >= 15 is 0 Å². The Morgan fingerprint density at radius 2 is 2.00 bits per heavy atom. The Morgan fingerprint density at radius 3 is 2.57 bits per heavy atom. The van der Waals surface area contributed by atoms with Gasteiger partial charge in [-0.05, 0) is 62.1 Å². The van der Waals surface area contributed by atoms with E-state index in [0.717, 1.165) is 38.4 Å². The molecule has 1 heterocycles. The van der Waals surface area contributed by atoms with Gasteiger partial charge in [-0.15, -0.1) is 0 Å². The van der Waals surface area contributed by atoms with Crippen molar-refractivity contribution in [1.82, 2.24) is 5.43 Å². The van der Waals surface area contributed by atoms with Gasteiger partial charge in [0.05, 0.1) is 5.60 Å². The van der Waals surface area contributed by atoms with Crippen molar-refractivity contribution in [2.24, 2.45) is 11.8 Å². The molecule has 3 N–H and O–H groups in total. The monoisotopic (exact) mass is 296 g/mol. The lowest BCUT2D eigenvalue weighted by atomic mass is 9.70. The molecule has 116 valence electrons. The minimum absolute atomic E-state index is 0.0209. The number of hydrazine groups is 1. The number of nitrogens with two attached hydrogens (primary N) is 1. The van der Waals surface area contributed by atoms with Crippen molar-refractivity contribution in [3.63, 3.8) is 0 Å². The molecule has 1 saturated carbocycles. The average molecular weight is 296 g/mol. The van der Waals surface area contributed by atoms with Crippen molar-refractivity contribution in [3.05, 3.63) is 35.4 Å². The number of hydrogen-bond acceptors (Lipinski definition) is 3. The SMILES string of the molecule is NNC(Cc1cc(F)cc(F)c1)C1CCOC2(CCC2)C1. The second-order valence-corrected chi connectivity index (χ2v) is 6.39. The molecule has 1 aromatic carbocycles. The zero-order valence-corrected chi connectivity index (χ0v) is 12.1. The van der Waals surface area contributed by atoms with Gasteiger partial charge in [0.2, 0.25) is 0 Å². The summed E-state index contributed by atoms with van der Waals surface area (Å²) in [5.74, 6) is 5.00. The number of nitrogens with one attached hydrogen (secondary N) is 1. The van der Waals surface area contributed by atoms with Gasteiger partial charge in [0.1, 0.15) is 11.6 Å². The maximum absolute atomic E-state index is 13.3. The van der Waals surface area contributed by atoms with Crippen LogP contribution in [0.2, 0.25) is 0 Å². The normalized spacial score (nSPS) is 25.6. The summed E-state index contributed by atoms with van der Waals surface area (Å²) in [5, 5.41) is 0. The van der Waals surface area contributed by atoms with Crippen LogP contribution in [0, 0.1) is 17.6 Å². The van der Waals surface area contributed by atoms with Crippen LogP contribution in [0.4, 0.5) is 8.78 Å². The molecule has 3 nitrogen and oxygen atoms in total. The molecule has 2 unspecified atom stereocenters. The van der Waals surface area contributed by atoms with Crippen LogP contribution in [0.3, 0.4) is 0 Å². The third-order valence-corrected chi connectivity index (χ3v) is 4.96. The molecular formula is C16H22F2N2O. The van der Waals surface area contributed by atoms with Crippen LogP contribution in [-0.4, -0.2) is 18.2 Å². The first kappa shape index (κ1) is 14.9. The van der Waals surface area contributed by atoms with Crippen molar-refractivity contribution >= 4 is 0 Å². The van der Waals surface area contributed by atoms with Crippen molar-refractivity contribution in [3.8, 4) is 0 Å². The maximum atomic E-state index is 13.3. The number of ether oxygens (including phenoxy) is 1. The number of hydrogen-bond donors (Lipinski definition) is 2. The largest absolute Gasteiger partial charge is 0.375 e. The first-order valence-electron chi connectivity index (χ1n) is 7.65. The Balaban J connectivity index is 1.69.